The number of halogens is 1. The van der Waals surface area contributed by atoms with Crippen molar-refractivity contribution in [3.8, 4) is 5.75 Å². The molecule has 2 aromatic carbocycles. The molecule has 1 amide bonds. The van der Waals surface area contributed by atoms with Crippen LogP contribution in [0.4, 0.5) is 28.8 Å². The molecule has 1 aromatic heterocycles. The molecular weight excluding hydrogens is 490 g/mol. The Hall–Kier alpha value is -3.56. The predicted molar refractivity (Wildman–Crippen MR) is 150 cm³/mol. The van der Waals surface area contributed by atoms with Crippen molar-refractivity contribution in [2.75, 3.05) is 48.3 Å². The number of hydrogen-bond donors (Lipinski definition) is 4. The molecule has 0 unspecified atom stereocenters. The topological polar surface area (TPSA) is 103 Å². The fourth-order valence-corrected chi connectivity index (χ4v) is 4.48. The predicted octanol–water partition coefficient (Wildman–Crippen LogP) is 4.95. The lowest BCUT2D eigenvalue weighted by Crippen LogP contribution is -2.32. The SMILES string of the molecule is CCNC(=O)c1ccccc1Nc1nc(Nc2ccc(N3CC[C@@H](NCC)C3)cc2OCC)ncc1Cl. The first-order chi connectivity index (χ1) is 18.0. The standard InChI is InChI=1S/C27H34ClN7O2/c1-4-29-18-13-14-35(17-18)19-11-12-23(24(15-19)37-6-3)33-27-31-16-21(28)25(34-27)32-22-10-8-7-9-20(22)26(36)30-5-2/h7-12,15-16,18,29H,4-6,13-14,17H2,1-3H3,(H,30,36)(H2,31,32,33,34)/t18-/m1/s1. The van der Waals surface area contributed by atoms with Crippen LogP contribution in [0.3, 0.4) is 0 Å². The average Bonchev–Trinajstić information content (AvgIpc) is 3.36. The monoisotopic (exact) mass is 523 g/mol. The van der Waals surface area contributed by atoms with Gasteiger partial charge in [0.05, 0.1) is 29.7 Å². The van der Waals surface area contributed by atoms with E-state index in [0.29, 0.717) is 47.2 Å². The molecular formula is C27H34ClN7O2. The van der Waals surface area contributed by atoms with E-state index in [4.69, 9.17) is 16.3 Å². The summed E-state index contributed by atoms with van der Waals surface area (Å²) in [5, 5.41) is 13.1. The second kappa shape index (κ2) is 12.6. The molecule has 2 heterocycles. The van der Waals surface area contributed by atoms with Crippen LogP contribution < -0.4 is 30.9 Å². The third-order valence-corrected chi connectivity index (χ3v) is 6.34. The Bertz CT molecular complexity index is 1220. The summed E-state index contributed by atoms with van der Waals surface area (Å²) >= 11 is 6.40. The van der Waals surface area contributed by atoms with E-state index in [0.717, 1.165) is 43.2 Å². The van der Waals surface area contributed by atoms with Crippen molar-refractivity contribution in [3.05, 3.63) is 59.2 Å². The van der Waals surface area contributed by atoms with Gasteiger partial charge in [0, 0.05) is 37.4 Å². The number of likely N-dealkylation sites (N-methyl/N-ethyl adjacent to an activating group) is 1. The van der Waals surface area contributed by atoms with Gasteiger partial charge in [-0.2, -0.15) is 4.98 Å². The maximum atomic E-state index is 12.5. The number of rotatable bonds is 11. The largest absolute Gasteiger partial charge is 0.492 e. The fraction of sp³-hybridized carbons (Fsp3) is 0.370. The summed E-state index contributed by atoms with van der Waals surface area (Å²) in [5.41, 5.74) is 2.97. The summed E-state index contributed by atoms with van der Waals surface area (Å²) in [6.45, 7) is 9.98. The highest BCUT2D eigenvalue weighted by Crippen LogP contribution is 2.34. The van der Waals surface area contributed by atoms with E-state index in [-0.39, 0.29) is 5.91 Å². The van der Waals surface area contributed by atoms with Gasteiger partial charge in [0.25, 0.3) is 5.91 Å². The van der Waals surface area contributed by atoms with E-state index >= 15 is 0 Å². The Morgan fingerprint density at radius 2 is 1.95 bits per heavy atom. The van der Waals surface area contributed by atoms with Crippen molar-refractivity contribution >= 4 is 46.3 Å². The second-order valence-corrected chi connectivity index (χ2v) is 9.06. The number of nitrogens with zero attached hydrogens (tertiary/aromatic N) is 3. The van der Waals surface area contributed by atoms with Gasteiger partial charge in [-0.25, -0.2) is 4.98 Å². The van der Waals surface area contributed by atoms with E-state index in [1.54, 1.807) is 12.1 Å². The van der Waals surface area contributed by atoms with Crippen molar-refractivity contribution in [3.63, 3.8) is 0 Å². The Kier molecular flexibility index (Phi) is 9.03. The number of aromatic nitrogens is 2. The van der Waals surface area contributed by atoms with Gasteiger partial charge in [0.2, 0.25) is 5.95 Å². The molecule has 4 N–H and O–H groups in total. The molecule has 1 atom stereocenters. The minimum absolute atomic E-state index is 0.176. The normalized spacial score (nSPS) is 14.9. The first-order valence-corrected chi connectivity index (χ1v) is 13.1. The number of para-hydroxylation sites is 1. The molecule has 1 saturated heterocycles. The molecule has 37 heavy (non-hydrogen) atoms. The van der Waals surface area contributed by atoms with Gasteiger partial charge < -0.3 is 30.9 Å². The molecule has 1 fully saturated rings. The van der Waals surface area contributed by atoms with E-state index in [1.165, 1.54) is 6.20 Å². The van der Waals surface area contributed by atoms with Crippen molar-refractivity contribution in [2.45, 2.75) is 33.2 Å². The second-order valence-electron chi connectivity index (χ2n) is 8.65. The number of ether oxygens (including phenoxy) is 1. The number of hydrogen-bond acceptors (Lipinski definition) is 8. The van der Waals surface area contributed by atoms with Crippen LogP contribution in [0.1, 0.15) is 37.6 Å². The average molecular weight is 524 g/mol. The molecule has 10 heteroatoms. The quantitative estimate of drug-likeness (QED) is 0.280. The molecule has 3 aromatic rings. The Balaban J connectivity index is 1.55. The van der Waals surface area contributed by atoms with Gasteiger partial charge in [0.15, 0.2) is 5.82 Å². The number of carbonyl (C=O) groups is 1. The number of benzene rings is 2. The van der Waals surface area contributed by atoms with E-state index < -0.39 is 0 Å². The third kappa shape index (κ3) is 6.61. The molecule has 0 radical (unpaired) electrons. The molecule has 9 nitrogen and oxygen atoms in total. The fourth-order valence-electron chi connectivity index (χ4n) is 4.34. The summed E-state index contributed by atoms with van der Waals surface area (Å²) in [4.78, 5) is 23.8. The molecule has 196 valence electrons. The van der Waals surface area contributed by atoms with Crippen molar-refractivity contribution < 1.29 is 9.53 Å². The van der Waals surface area contributed by atoms with Crippen LogP contribution >= 0.6 is 11.6 Å². The smallest absolute Gasteiger partial charge is 0.253 e. The number of nitrogens with one attached hydrogen (secondary N) is 4. The van der Waals surface area contributed by atoms with E-state index in [9.17, 15) is 4.79 Å². The van der Waals surface area contributed by atoms with Gasteiger partial charge in [-0.05, 0) is 51.1 Å². The van der Waals surface area contributed by atoms with Gasteiger partial charge in [0.1, 0.15) is 10.8 Å². The van der Waals surface area contributed by atoms with Crippen LogP contribution in [0.25, 0.3) is 0 Å². The Morgan fingerprint density at radius 1 is 1.11 bits per heavy atom. The zero-order valence-electron chi connectivity index (χ0n) is 21.5. The Morgan fingerprint density at radius 3 is 2.73 bits per heavy atom. The van der Waals surface area contributed by atoms with Crippen molar-refractivity contribution in [1.82, 2.24) is 20.6 Å². The van der Waals surface area contributed by atoms with Crippen LogP contribution in [0.2, 0.25) is 5.02 Å². The van der Waals surface area contributed by atoms with Crippen LogP contribution in [-0.2, 0) is 0 Å². The molecule has 1 aliphatic rings. The maximum absolute atomic E-state index is 12.5. The highest BCUT2D eigenvalue weighted by molar-refractivity contribution is 6.33. The lowest BCUT2D eigenvalue weighted by Gasteiger charge is -2.21. The third-order valence-electron chi connectivity index (χ3n) is 6.06. The summed E-state index contributed by atoms with van der Waals surface area (Å²) in [7, 11) is 0. The molecule has 0 aliphatic carbocycles. The minimum Gasteiger partial charge on any atom is -0.492 e. The maximum Gasteiger partial charge on any atom is 0.253 e. The summed E-state index contributed by atoms with van der Waals surface area (Å²) in [6, 6.07) is 13.8. The first kappa shape index (κ1) is 26.5. The van der Waals surface area contributed by atoms with Gasteiger partial charge in [-0.3, -0.25) is 4.79 Å². The van der Waals surface area contributed by atoms with Crippen LogP contribution in [-0.4, -0.2) is 54.7 Å². The summed E-state index contributed by atoms with van der Waals surface area (Å²) in [5.74, 6) is 1.29. The van der Waals surface area contributed by atoms with Gasteiger partial charge >= 0.3 is 0 Å². The van der Waals surface area contributed by atoms with Crippen molar-refractivity contribution in [2.24, 2.45) is 0 Å². The molecule has 0 saturated carbocycles. The van der Waals surface area contributed by atoms with Crippen LogP contribution in [0.15, 0.2) is 48.7 Å². The number of carbonyl (C=O) groups excluding carboxylic acids is 1. The van der Waals surface area contributed by atoms with Gasteiger partial charge in [-0.15, -0.1) is 0 Å². The first-order valence-electron chi connectivity index (χ1n) is 12.7. The molecule has 1 aliphatic heterocycles. The lowest BCUT2D eigenvalue weighted by molar-refractivity contribution is 0.0956. The van der Waals surface area contributed by atoms with E-state index in [2.05, 4.69) is 55.2 Å². The number of amides is 1. The summed E-state index contributed by atoms with van der Waals surface area (Å²) in [6.07, 6.45) is 2.64. The Labute approximate surface area is 223 Å². The zero-order valence-corrected chi connectivity index (χ0v) is 22.2. The van der Waals surface area contributed by atoms with E-state index in [1.807, 2.05) is 32.0 Å². The molecule has 0 spiro atoms. The van der Waals surface area contributed by atoms with Crippen molar-refractivity contribution in [1.29, 1.82) is 0 Å². The molecule has 4 rings (SSSR count). The highest BCUT2D eigenvalue weighted by atomic mass is 35.5. The zero-order chi connectivity index (χ0) is 26.2. The molecule has 0 bridgehead atoms. The summed E-state index contributed by atoms with van der Waals surface area (Å²) < 4.78 is 5.95. The highest BCUT2D eigenvalue weighted by Gasteiger charge is 2.23. The number of anilines is 5. The van der Waals surface area contributed by atoms with Crippen LogP contribution in [0.5, 0.6) is 5.75 Å². The van der Waals surface area contributed by atoms with Crippen LogP contribution in [0, 0.1) is 0 Å². The lowest BCUT2D eigenvalue weighted by atomic mass is 10.1. The van der Waals surface area contributed by atoms with Gasteiger partial charge in [-0.1, -0.05) is 30.7 Å². The minimum atomic E-state index is -0.176.